The first-order valence-corrected chi connectivity index (χ1v) is 5.22. The third-order valence-electron chi connectivity index (χ3n) is 2.24. The quantitative estimate of drug-likeness (QED) is 0.775. The number of anilines is 1. The molecule has 4 nitrogen and oxygen atoms in total. The monoisotopic (exact) mass is 212 g/mol. The summed E-state index contributed by atoms with van der Waals surface area (Å²) in [4.78, 5) is 8.51. The molecule has 1 aromatic rings. The van der Waals surface area contributed by atoms with Crippen molar-refractivity contribution in [3.63, 3.8) is 0 Å². The summed E-state index contributed by atoms with van der Waals surface area (Å²) in [6, 6.07) is 9.31. The predicted molar refractivity (Wildman–Crippen MR) is 64.8 cm³/mol. The fourth-order valence-corrected chi connectivity index (χ4v) is 1.39. The highest BCUT2D eigenvalue weighted by atomic mass is 15.1. The summed E-state index contributed by atoms with van der Waals surface area (Å²) in [6.07, 6.45) is 3.90. The maximum atomic E-state index is 8.67. The maximum Gasteiger partial charge on any atom is 0.222 e. The van der Waals surface area contributed by atoms with Crippen LogP contribution >= 0.6 is 0 Å². The van der Waals surface area contributed by atoms with E-state index in [1.165, 1.54) is 0 Å². The third kappa shape index (κ3) is 2.67. The fourth-order valence-electron chi connectivity index (χ4n) is 1.39. The number of rotatable bonds is 1. The van der Waals surface area contributed by atoms with Gasteiger partial charge in [-0.05, 0) is 37.1 Å². The molecule has 0 bridgehead atoms. The van der Waals surface area contributed by atoms with Crippen LogP contribution in [0.5, 0.6) is 0 Å². The molecular formula is C12H12N4. The van der Waals surface area contributed by atoms with Crippen LogP contribution < -0.4 is 5.32 Å². The van der Waals surface area contributed by atoms with E-state index >= 15 is 0 Å². The molecule has 0 saturated heterocycles. The van der Waals surface area contributed by atoms with Gasteiger partial charge in [-0.25, -0.2) is 4.99 Å². The molecule has 0 unspecified atom stereocenters. The predicted octanol–water partition coefficient (Wildman–Crippen LogP) is 2.19. The van der Waals surface area contributed by atoms with Crippen molar-refractivity contribution in [3.05, 3.63) is 29.8 Å². The molecule has 1 aliphatic rings. The van der Waals surface area contributed by atoms with Crippen LogP contribution in [-0.2, 0) is 0 Å². The number of aliphatic imine (C=N–C) groups is 2. The van der Waals surface area contributed by atoms with Crippen molar-refractivity contribution < 1.29 is 0 Å². The van der Waals surface area contributed by atoms with Crippen LogP contribution in [0.1, 0.15) is 18.4 Å². The van der Waals surface area contributed by atoms with E-state index < -0.39 is 0 Å². The largest absolute Gasteiger partial charge is 0.324 e. The number of nitrogens with zero attached hydrogens (tertiary/aromatic N) is 3. The Hall–Kier alpha value is -2.15. The van der Waals surface area contributed by atoms with Gasteiger partial charge in [0, 0.05) is 18.4 Å². The second kappa shape index (κ2) is 5.08. The highest BCUT2D eigenvalue weighted by molar-refractivity contribution is 5.98. The lowest BCUT2D eigenvalue weighted by atomic mass is 10.2. The lowest BCUT2D eigenvalue weighted by molar-refractivity contribution is 0.895. The van der Waals surface area contributed by atoms with Crippen molar-refractivity contribution in [3.8, 4) is 6.07 Å². The lowest BCUT2D eigenvalue weighted by Gasteiger charge is -2.04. The Morgan fingerprint density at radius 2 is 2.06 bits per heavy atom. The lowest BCUT2D eigenvalue weighted by Crippen LogP contribution is -2.09. The average Bonchev–Trinajstić information content (AvgIpc) is 2.59. The summed E-state index contributed by atoms with van der Waals surface area (Å²) in [5.74, 6) is 0.641. The normalized spacial score (nSPS) is 14.8. The summed E-state index contributed by atoms with van der Waals surface area (Å²) < 4.78 is 0. The first-order chi connectivity index (χ1) is 7.88. The Labute approximate surface area is 94.3 Å². The number of guanidine groups is 1. The summed E-state index contributed by atoms with van der Waals surface area (Å²) in [7, 11) is 0. The zero-order valence-electron chi connectivity index (χ0n) is 8.85. The van der Waals surface area contributed by atoms with Gasteiger partial charge in [-0.3, -0.25) is 4.99 Å². The van der Waals surface area contributed by atoms with Gasteiger partial charge in [0.2, 0.25) is 5.96 Å². The van der Waals surface area contributed by atoms with E-state index in [-0.39, 0.29) is 0 Å². The highest BCUT2D eigenvalue weighted by Gasteiger charge is 2.00. The molecule has 1 aromatic carbocycles. The van der Waals surface area contributed by atoms with Crippen LogP contribution in [0.15, 0.2) is 34.3 Å². The highest BCUT2D eigenvalue weighted by Crippen LogP contribution is 2.09. The van der Waals surface area contributed by atoms with Crippen LogP contribution in [0.2, 0.25) is 0 Å². The number of hydrogen-bond donors (Lipinski definition) is 1. The van der Waals surface area contributed by atoms with E-state index in [9.17, 15) is 0 Å². The van der Waals surface area contributed by atoms with Crippen molar-refractivity contribution in [2.75, 3.05) is 11.9 Å². The number of nitrogens with one attached hydrogen (secondary N) is 1. The zero-order valence-corrected chi connectivity index (χ0v) is 8.85. The molecule has 0 aromatic heterocycles. The minimum atomic E-state index is 0.641. The molecular weight excluding hydrogens is 200 g/mol. The molecule has 80 valence electrons. The Bertz CT molecular complexity index is 451. The number of benzene rings is 1. The number of hydrogen-bond acceptors (Lipinski definition) is 4. The maximum absolute atomic E-state index is 8.67. The molecule has 0 amide bonds. The average molecular weight is 212 g/mol. The molecule has 0 atom stereocenters. The van der Waals surface area contributed by atoms with E-state index in [0.717, 1.165) is 25.1 Å². The minimum Gasteiger partial charge on any atom is -0.324 e. The Kier molecular flexibility index (Phi) is 3.29. The first-order valence-electron chi connectivity index (χ1n) is 5.22. The molecule has 1 heterocycles. The van der Waals surface area contributed by atoms with E-state index in [2.05, 4.69) is 21.4 Å². The topological polar surface area (TPSA) is 60.5 Å². The molecule has 4 heteroatoms. The molecule has 2 rings (SSSR count). The molecule has 0 radical (unpaired) electrons. The van der Waals surface area contributed by atoms with E-state index in [1.54, 1.807) is 12.1 Å². The van der Waals surface area contributed by atoms with Gasteiger partial charge in [-0.1, -0.05) is 0 Å². The molecule has 1 aliphatic heterocycles. The van der Waals surface area contributed by atoms with Gasteiger partial charge >= 0.3 is 0 Å². The van der Waals surface area contributed by atoms with Gasteiger partial charge in [0.15, 0.2) is 0 Å². The van der Waals surface area contributed by atoms with Gasteiger partial charge in [0.1, 0.15) is 0 Å². The summed E-state index contributed by atoms with van der Waals surface area (Å²) in [6.45, 7) is 0.804. The summed E-state index contributed by atoms with van der Waals surface area (Å²) in [5, 5.41) is 11.8. The summed E-state index contributed by atoms with van der Waals surface area (Å²) in [5.41, 5.74) is 1.55. The van der Waals surface area contributed by atoms with Gasteiger partial charge in [0.25, 0.3) is 0 Å². The second-order valence-electron chi connectivity index (χ2n) is 3.47. The fraction of sp³-hybridized carbons (Fsp3) is 0.250. The zero-order chi connectivity index (χ0) is 11.2. The molecule has 0 aliphatic carbocycles. The molecule has 0 saturated carbocycles. The van der Waals surface area contributed by atoms with Gasteiger partial charge in [-0.2, -0.15) is 5.26 Å². The Morgan fingerprint density at radius 3 is 2.81 bits per heavy atom. The van der Waals surface area contributed by atoms with Gasteiger partial charge < -0.3 is 5.32 Å². The van der Waals surface area contributed by atoms with Gasteiger partial charge in [-0.15, -0.1) is 0 Å². The first kappa shape index (κ1) is 10.4. The Balaban J connectivity index is 2.08. The van der Waals surface area contributed by atoms with Crippen LogP contribution in [0.3, 0.4) is 0 Å². The number of nitriles is 1. The third-order valence-corrected chi connectivity index (χ3v) is 2.24. The van der Waals surface area contributed by atoms with E-state index in [0.29, 0.717) is 11.5 Å². The van der Waals surface area contributed by atoms with Crippen molar-refractivity contribution in [1.82, 2.24) is 0 Å². The minimum absolute atomic E-state index is 0.641. The molecule has 0 fully saturated rings. The molecule has 16 heavy (non-hydrogen) atoms. The smallest absolute Gasteiger partial charge is 0.222 e. The van der Waals surface area contributed by atoms with E-state index in [1.807, 2.05) is 18.3 Å². The van der Waals surface area contributed by atoms with Gasteiger partial charge in [0.05, 0.1) is 11.6 Å². The SMILES string of the molecule is N#Cc1ccc(NC2=NCCCC=N2)cc1. The van der Waals surface area contributed by atoms with Crippen molar-refractivity contribution in [2.45, 2.75) is 12.8 Å². The van der Waals surface area contributed by atoms with E-state index in [4.69, 9.17) is 5.26 Å². The van der Waals surface area contributed by atoms with Crippen LogP contribution in [0.25, 0.3) is 0 Å². The van der Waals surface area contributed by atoms with Crippen LogP contribution in [0.4, 0.5) is 5.69 Å². The molecule has 1 N–H and O–H groups in total. The molecule has 0 spiro atoms. The van der Waals surface area contributed by atoms with Crippen LogP contribution in [0, 0.1) is 11.3 Å². The standard InChI is InChI=1S/C12H12N4/c13-9-10-3-5-11(6-4-10)16-12-14-7-1-2-8-15-12/h3-7H,1-2,8H2,(H,15,16). The second-order valence-corrected chi connectivity index (χ2v) is 3.47. The Morgan fingerprint density at radius 1 is 1.25 bits per heavy atom. The van der Waals surface area contributed by atoms with Crippen LogP contribution in [-0.4, -0.2) is 18.7 Å². The van der Waals surface area contributed by atoms with Crippen molar-refractivity contribution in [2.24, 2.45) is 9.98 Å². The van der Waals surface area contributed by atoms with Crippen molar-refractivity contribution in [1.29, 1.82) is 5.26 Å². The summed E-state index contributed by atoms with van der Waals surface area (Å²) >= 11 is 0. The van der Waals surface area contributed by atoms with Crippen molar-refractivity contribution >= 4 is 17.9 Å².